The van der Waals surface area contributed by atoms with Gasteiger partial charge in [0, 0.05) is 22.8 Å². The third kappa shape index (κ3) is 4.17. The molecule has 0 saturated carbocycles. The van der Waals surface area contributed by atoms with Gasteiger partial charge in [-0.2, -0.15) is 0 Å². The van der Waals surface area contributed by atoms with Crippen LogP contribution in [0.3, 0.4) is 0 Å². The highest BCUT2D eigenvalue weighted by Gasteiger charge is 2.27. The Morgan fingerprint density at radius 1 is 1.15 bits per heavy atom. The van der Waals surface area contributed by atoms with Crippen molar-refractivity contribution in [1.82, 2.24) is 0 Å². The fraction of sp³-hybridized carbons (Fsp3) is 0.381. The van der Waals surface area contributed by atoms with Gasteiger partial charge in [0.25, 0.3) is 5.91 Å². The number of nitrogens with one attached hydrogen (secondary N) is 1. The van der Waals surface area contributed by atoms with Gasteiger partial charge in [-0.15, -0.1) is 0 Å². The second-order valence-corrected chi connectivity index (χ2v) is 8.18. The number of hydrogen-bond acceptors (Lipinski definition) is 3. The van der Waals surface area contributed by atoms with E-state index in [9.17, 15) is 4.79 Å². The molecule has 2 aromatic rings. The summed E-state index contributed by atoms with van der Waals surface area (Å²) in [5.74, 6) is -0.307. The topological polar surface area (TPSA) is 58.4 Å². The fourth-order valence-corrected chi connectivity index (χ4v) is 4.36. The van der Waals surface area contributed by atoms with Crippen molar-refractivity contribution in [2.24, 2.45) is 0 Å². The van der Waals surface area contributed by atoms with Gasteiger partial charge in [0.05, 0.1) is 22.0 Å². The average Bonchev–Trinajstić information content (AvgIpc) is 2.58. The van der Waals surface area contributed by atoms with E-state index in [2.05, 4.69) is 31.0 Å². The number of aryl methyl sites for hydroxylation is 1. The summed E-state index contributed by atoms with van der Waals surface area (Å²) >= 11 is 12.1. The predicted octanol–water partition coefficient (Wildman–Crippen LogP) is 5.90. The molecule has 3 N–H and O–H groups in total. The smallest absolute Gasteiger partial charge is 0.257 e. The first kappa shape index (κ1) is 19.8. The highest BCUT2D eigenvalue weighted by atomic mass is 35.5. The van der Waals surface area contributed by atoms with E-state index in [1.54, 1.807) is 18.2 Å². The first-order valence-electron chi connectivity index (χ1n) is 9.22. The van der Waals surface area contributed by atoms with E-state index in [0.717, 1.165) is 24.1 Å². The molecule has 1 aliphatic heterocycles. The molecule has 1 amide bonds. The van der Waals surface area contributed by atoms with Crippen LogP contribution in [0.25, 0.3) is 0 Å². The minimum Gasteiger partial charge on any atom is -0.397 e. The lowest BCUT2D eigenvalue weighted by molar-refractivity contribution is 0.102. The Hall–Kier alpha value is -1.91. The van der Waals surface area contributed by atoms with E-state index in [0.29, 0.717) is 39.1 Å². The van der Waals surface area contributed by atoms with Gasteiger partial charge in [-0.3, -0.25) is 4.79 Å². The molecule has 1 saturated heterocycles. The van der Waals surface area contributed by atoms with Crippen molar-refractivity contribution in [3.63, 3.8) is 0 Å². The molecule has 6 heteroatoms. The quantitative estimate of drug-likeness (QED) is 0.624. The van der Waals surface area contributed by atoms with Gasteiger partial charge >= 0.3 is 0 Å². The van der Waals surface area contributed by atoms with Crippen molar-refractivity contribution in [3.8, 4) is 0 Å². The van der Waals surface area contributed by atoms with E-state index >= 15 is 0 Å². The number of hydrogen-bond donors (Lipinski definition) is 2. The summed E-state index contributed by atoms with van der Waals surface area (Å²) in [4.78, 5) is 15.1. The molecule has 1 fully saturated rings. The van der Waals surface area contributed by atoms with Gasteiger partial charge in [0.2, 0.25) is 0 Å². The highest BCUT2D eigenvalue weighted by molar-refractivity contribution is 6.37. The normalized spacial score (nSPS) is 19.8. The van der Waals surface area contributed by atoms with Gasteiger partial charge < -0.3 is 16.0 Å². The number of halogens is 2. The molecular weight excluding hydrogens is 381 g/mol. The average molecular weight is 406 g/mol. The van der Waals surface area contributed by atoms with Crippen LogP contribution in [-0.4, -0.2) is 18.0 Å². The Kier molecular flexibility index (Phi) is 5.87. The van der Waals surface area contributed by atoms with Crippen molar-refractivity contribution < 1.29 is 4.79 Å². The van der Waals surface area contributed by atoms with Crippen LogP contribution in [0.5, 0.6) is 0 Å². The lowest BCUT2D eigenvalue weighted by atomic mass is 9.95. The molecule has 0 radical (unpaired) electrons. The Bertz CT molecular complexity index is 859. The minimum atomic E-state index is -0.307. The monoisotopic (exact) mass is 405 g/mol. The molecule has 4 nitrogen and oxygen atoms in total. The third-order valence-corrected chi connectivity index (χ3v) is 5.81. The molecule has 0 aliphatic carbocycles. The van der Waals surface area contributed by atoms with Crippen molar-refractivity contribution >= 4 is 46.2 Å². The number of piperidine rings is 1. The largest absolute Gasteiger partial charge is 0.397 e. The molecule has 2 atom stereocenters. The number of amides is 1. The van der Waals surface area contributed by atoms with Gasteiger partial charge in [-0.1, -0.05) is 23.2 Å². The summed E-state index contributed by atoms with van der Waals surface area (Å²) in [6.07, 6.45) is 3.57. The van der Waals surface area contributed by atoms with Crippen molar-refractivity contribution in [2.75, 3.05) is 16.0 Å². The summed E-state index contributed by atoms with van der Waals surface area (Å²) in [6, 6.07) is 9.60. The minimum absolute atomic E-state index is 0.307. The number of nitrogens with two attached hydrogens (primary N) is 1. The molecular formula is C21H25Cl2N3O. The first-order valence-corrected chi connectivity index (χ1v) is 9.98. The van der Waals surface area contributed by atoms with E-state index in [-0.39, 0.29) is 5.91 Å². The van der Waals surface area contributed by atoms with Crippen LogP contribution in [-0.2, 0) is 0 Å². The second kappa shape index (κ2) is 7.99. The Balaban J connectivity index is 1.93. The predicted molar refractivity (Wildman–Crippen MR) is 115 cm³/mol. The Morgan fingerprint density at radius 3 is 2.44 bits per heavy atom. The zero-order valence-corrected chi connectivity index (χ0v) is 17.4. The molecule has 0 bridgehead atoms. The fourth-order valence-electron chi connectivity index (χ4n) is 3.86. The summed E-state index contributed by atoms with van der Waals surface area (Å²) in [7, 11) is 0. The number of carbonyl (C=O) groups is 1. The number of rotatable bonds is 3. The molecule has 0 spiro atoms. The maximum atomic E-state index is 12.7. The zero-order valence-electron chi connectivity index (χ0n) is 15.9. The second-order valence-electron chi connectivity index (χ2n) is 7.34. The highest BCUT2D eigenvalue weighted by Crippen LogP contribution is 2.36. The Labute approximate surface area is 170 Å². The van der Waals surface area contributed by atoms with Crippen LogP contribution in [0.4, 0.5) is 17.1 Å². The summed E-state index contributed by atoms with van der Waals surface area (Å²) in [5.41, 5.74) is 9.90. The van der Waals surface area contributed by atoms with Crippen LogP contribution in [0.15, 0.2) is 30.3 Å². The van der Waals surface area contributed by atoms with Crippen molar-refractivity contribution in [3.05, 3.63) is 51.5 Å². The van der Waals surface area contributed by atoms with Gasteiger partial charge in [0.1, 0.15) is 0 Å². The number of nitrogen functional groups attached to an aromatic ring is 1. The number of carbonyl (C=O) groups excluding carboxylic acids is 1. The van der Waals surface area contributed by atoms with E-state index < -0.39 is 0 Å². The number of nitrogens with zero attached hydrogens (tertiary/aromatic N) is 1. The summed E-state index contributed by atoms with van der Waals surface area (Å²) < 4.78 is 0. The number of anilines is 3. The van der Waals surface area contributed by atoms with E-state index in [1.165, 1.54) is 6.42 Å². The summed E-state index contributed by atoms with van der Waals surface area (Å²) in [5, 5.41) is 3.70. The standard InChI is InChI=1S/C21H25Cl2N3O/c1-12-9-18(24)19(11-20(12)26-13(2)5-4-6-14(26)3)25-21(27)16-8-7-15(22)10-17(16)23/h7-11,13-14H,4-6,24H2,1-3H3,(H,25,27). The van der Waals surface area contributed by atoms with Crippen LogP contribution >= 0.6 is 23.2 Å². The van der Waals surface area contributed by atoms with Gasteiger partial charge in [-0.05, 0) is 75.9 Å². The maximum Gasteiger partial charge on any atom is 0.257 e. The zero-order chi connectivity index (χ0) is 19.7. The molecule has 1 heterocycles. The lowest BCUT2D eigenvalue weighted by Gasteiger charge is -2.42. The lowest BCUT2D eigenvalue weighted by Crippen LogP contribution is -2.44. The third-order valence-electron chi connectivity index (χ3n) is 5.26. The molecule has 144 valence electrons. The SMILES string of the molecule is Cc1cc(N)c(NC(=O)c2ccc(Cl)cc2Cl)cc1N1C(C)CCCC1C. The maximum absolute atomic E-state index is 12.7. The molecule has 2 aromatic carbocycles. The Morgan fingerprint density at radius 2 is 1.81 bits per heavy atom. The van der Waals surface area contributed by atoms with Crippen molar-refractivity contribution in [2.45, 2.75) is 52.1 Å². The molecule has 1 aliphatic rings. The van der Waals surface area contributed by atoms with Crippen molar-refractivity contribution in [1.29, 1.82) is 0 Å². The van der Waals surface area contributed by atoms with Crippen LogP contribution in [0.2, 0.25) is 10.0 Å². The van der Waals surface area contributed by atoms with Crippen LogP contribution < -0.4 is 16.0 Å². The van der Waals surface area contributed by atoms with Crippen LogP contribution in [0.1, 0.15) is 49.0 Å². The number of benzene rings is 2. The molecule has 0 aromatic heterocycles. The first-order chi connectivity index (χ1) is 12.8. The van der Waals surface area contributed by atoms with Crippen LogP contribution in [0, 0.1) is 6.92 Å². The summed E-state index contributed by atoms with van der Waals surface area (Å²) in [6.45, 7) is 6.55. The van der Waals surface area contributed by atoms with E-state index in [1.807, 2.05) is 12.1 Å². The van der Waals surface area contributed by atoms with Gasteiger partial charge in [-0.25, -0.2) is 0 Å². The van der Waals surface area contributed by atoms with E-state index in [4.69, 9.17) is 28.9 Å². The molecule has 27 heavy (non-hydrogen) atoms. The van der Waals surface area contributed by atoms with Gasteiger partial charge in [0.15, 0.2) is 0 Å². The molecule has 2 unspecified atom stereocenters. The molecule has 3 rings (SSSR count).